The molecule has 2 aromatic rings. The van der Waals surface area contributed by atoms with Crippen LogP contribution in [0.1, 0.15) is 12.8 Å². The van der Waals surface area contributed by atoms with Gasteiger partial charge in [0.05, 0.1) is 6.54 Å². The smallest absolute Gasteiger partial charge is 0.255 e. The van der Waals surface area contributed by atoms with Crippen molar-refractivity contribution >= 4 is 44.2 Å². The van der Waals surface area contributed by atoms with Gasteiger partial charge in [-0.05, 0) is 34.8 Å². The highest BCUT2D eigenvalue weighted by atomic mass is 79.9. The third-order valence-electron chi connectivity index (χ3n) is 3.35. The Bertz CT molecular complexity index is 721. The molecular weight excluding hydrogens is 358 g/mol. The van der Waals surface area contributed by atoms with Gasteiger partial charge < -0.3 is 10.6 Å². The van der Waals surface area contributed by atoms with Crippen molar-refractivity contribution in [3.63, 3.8) is 0 Å². The molecule has 2 heterocycles. The van der Waals surface area contributed by atoms with Crippen molar-refractivity contribution in [3.8, 4) is 0 Å². The van der Waals surface area contributed by atoms with Crippen LogP contribution in [-0.4, -0.2) is 28.8 Å². The first-order valence-electron chi connectivity index (χ1n) is 6.81. The van der Waals surface area contributed by atoms with Crippen molar-refractivity contribution in [2.75, 3.05) is 17.2 Å². The zero-order valence-electron chi connectivity index (χ0n) is 11.4. The van der Waals surface area contributed by atoms with E-state index in [1.807, 2.05) is 0 Å². The Kier molecular flexibility index (Phi) is 4.19. The predicted octanol–water partition coefficient (Wildman–Crippen LogP) is 3.42. The van der Waals surface area contributed by atoms with Crippen LogP contribution in [0.3, 0.4) is 0 Å². The van der Waals surface area contributed by atoms with Crippen LogP contribution < -0.4 is 10.6 Å². The molecule has 1 amide bonds. The van der Waals surface area contributed by atoms with Gasteiger partial charge in [0.2, 0.25) is 5.91 Å². The molecule has 0 aromatic carbocycles. The molecule has 8 heteroatoms. The molecular formula is C14H13BrF2N4O. The Balaban J connectivity index is 1.89. The Morgan fingerprint density at radius 2 is 2.09 bits per heavy atom. The zero-order valence-corrected chi connectivity index (χ0v) is 13.0. The van der Waals surface area contributed by atoms with Crippen LogP contribution in [0.15, 0.2) is 22.9 Å². The summed E-state index contributed by atoms with van der Waals surface area (Å²) in [5, 5.41) is 6.71. The molecule has 0 spiro atoms. The number of carbonyl (C=O) groups is 1. The molecule has 2 N–H and O–H groups in total. The highest BCUT2D eigenvalue weighted by Gasteiger charge is 2.29. The lowest BCUT2D eigenvalue weighted by Crippen LogP contribution is -2.14. The van der Waals surface area contributed by atoms with E-state index in [1.165, 1.54) is 12.4 Å². The summed E-state index contributed by atoms with van der Waals surface area (Å²) < 4.78 is 25.4. The lowest BCUT2D eigenvalue weighted by Gasteiger charge is -2.11. The second kappa shape index (κ2) is 6.12. The van der Waals surface area contributed by atoms with Crippen molar-refractivity contribution in [2.45, 2.75) is 19.3 Å². The van der Waals surface area contributed by atoms with Crippen LogP contribution in [0.2, 0.25) is 0 Å². The monoisotopic (exact) mass is 370 g/mol. The molecule has 1 aliphatic carbocycles. The maximum Gasteiger partial charge on any atom is 0.255 e. The van der Waals surface area contributed by atoms with Crippen LogP contribution in [0.4, 0.5) is 20.4 Å². The first kappa shape index (κ1) is 15.1. The van der Waals surface area contributed by atoms with Crippen molar-refractivity contribution in [1.82, 2.24) is 9.97 Å². The van der Waals surface area contributed by atoms with Crippen LogP contribution in [-0.2, 0) is 4.79 Å². The number of amides is 1. The Labute approximate surface area is 133 Å². The number of alkyl halides is 2. The Morgan fingerprint density at radius 3 is 2.77 bits per heavy atom. The van der Waals surface area contributed by atoms with Crippen molar-refractivity contribution < 1.29 is 13.6 Å². The number of pyridine rings is 2. The third kappa shape index (κ3) is 3.32. The molecule has 0 atom stereocenters. The highest BCUT2D eigenvalue weighted by Crippen LogP contribution is 2.32. The maximum absolute atomic E-state index is 12.3. The summed E-state index contributed by atoms with van der Waals surface area (Å²) in [6.45, 7) is -0.482. The maximum atomic E-state index is 12.3. The van der Waals surface area contributed by atoms with Crippen LogP contribution in [0.25, 0.3) is 10.8 Å². The van der Waals surface area contributed by atoms with Crippen LogP contribution in [0, 0.1) is 5.92 Å². The van der Waals surface area contributed by atoms with Gasteiger partial charge in [0.25, 0.3) is 6.43 Å². The molecule has 116 valence electrons. The second-order valence-electron chi connectivity index (χ2n) is 5.11. The minimum absolute atomic E-state index is 0.0342. The molecule has 5 nitrogen and oxygen atoms in total. The lowest BCUT2D eigenvalue weighted by molar-refractivity contribution is -0.117. The number of nitrogens with zero attached hydrogens (tertiary/aromatic N) is 2. The number of hydrogen-bond donors (Lipinski definition) is 2. The summed E-state index contributed by atoms with van der Waals surface area (Å²) in [5.41, 5.74) is 0. The summed E-state index contributed by atoms with van der Waals surface area (Å²) in [7, 11) is 0. The number of fused-ring (bicyclic) bond motifs is 1. The van der Waals surface area contributed by atoms with E-state index in [-0.39, 0.29) is 11.8 Å². The number of halogens is 3. The SMILES string of the molecule is O=C(Nc1cc2c(Br)cnc(NCC(F)F)c2cn1)C1CC1. The first-order valence-corrected chi connectivity index (χ1v) is 7.61. The quantitative estimate of drug-likeness (QED) is 0.845. The average molecular weight is 371 g/mol. The molecule has 1 aliphatic rings. The minimum Gasteiger partial charge on any atom is -0.364 e. The fourth-order valence-electron chi connectivity index (χ4n) is 2.06. The summed E-state index contributed by atoms with van der Waals surface area (Å²) in [4.78, 5) is 20.0. The second-order valence-corrected chi connectivity index (χ2v) is 5.96. The van der Waals surface area contributed by atoms with E-state index in [1.54, 1.807) is 6.07 Å². The van der Waals surface area contributed by atoms with Gasteiger partial charge in [-0.25, -0.2) is 18.7 Å². The molecule has 0 aliphatic heterocycles. The van der Waals surface area contributed by atoms with Gasteiger partial charge in [-0.2, -0.15) is 0 Å². The van der Waals surface area contributed by atoms with Crippen LogP contribution >= 0.6 is 15.9 Å². The topological polar surface area (TPSA) is 66.9 Å². The molecule has 22 heavy (non-hydrogen) atoms. The van der Waals surface area contributed by atoms with Gasteiger partial charge in [0.1, 0.15) is 11.6 Å². The molecule has 1 saturated carbocycles. The van der Waals surface area contributed by atoms with E-state index in [0.717, 1.165) is 18.2 Å². The standard InChI is InChI=1S/C14H13BrF2N4O/c15-10-5-19-13(20-6-11(16)17)9-4-18-12(3-8(9)10)21-14(22)7-1-2-7/h3-5,7,11H,1-2,6H2,(H,19,20)(H,18,21,22). The number of carbonyl (C=O) groups excluding carboxylic acids is 1. The summed E-state index contributed by atoms with van der Waals surface area (Å²) in [5.74, 6) is 0.830. The van der Waals surface area contributed by atoms with Gasteiger partial charge in [-0.1, -0.05) is 0 Å². The van der Waals surface area contributed by atoms with E-state index in [9.17, 15) is 13.6 Å². The lowest BCUT2D eigenvalue weighted by atomic mass is 10.2. The highest BCUT2D eigenvalue weighted by molar-refractivity contribution is 9.10. The van der Waals surface area contributed by atoms with E-state index >= 15 is 0 Å². The van der Waals surface area contributed by atoms with E-state index in [2.05, 4.69) is 36.5 Å². The van der Waals surface area contributed by atoms with Gasteiger partial charge in [0, 0.05) is 33.6 Å². The summed E-state index contributed by atoms with van der Waals surface area (Å²) >= 11 is 3.37. The fraction of sp³-hybridized carbons (Fsp3) is 0.357. The minimum atomic E-state index is -2.47. The summed E-state index contributed by atoms with van der Waals surface area (Å²) in [6, 6.07) is 1.70. The number of nitrogens with one attached hydrogen (secondary N) is 2. The fourth-order valence-corrected chi connectivity index (χ4v) is 2.49. The van der Waals surface area contributed by atoms with Crippen molar-refractivity contribution in [1.29, 1.82) is 0 Å². The zero-order chi connectivity index (χ0) is 15.7. The summed E-state index contributed by atoms with van der Waals surface area (Å²) in [6.07, 6.45) is 2.40. The molecule has 0 bridgehead atoms. The van der Waals surface area contributed by atoms with Gasteiger partial charge in [-0.3, -0.25) is 4.79 Å². The normalized spacial score (nSPS) is 14.4. The third-order valence-corrected chi connectivity index (χ3v) is 3.98. The van der Waals surface area contributed by atoms with Gasteiger partial charge >= 0.3 is 0 Å². The first-order chi connectivity index (χ1) is 10.5. The molecule has 3 rings (SSSR count). The number of hydrogen-bond acceptors (Lipinski definition) is 4. The predicted molar refractivity (Wildman–Crippen MR) is 83.1 cm³/mol. The van der Waals surface area contributed by atoms with E-state index in [4.69, 9.17) is 0 Å². The van der Waals surface area contributed by atoms with E-state index in [0.29, 0.717) is 21.5 Å². The average Bonchev–Trinajstić information content (AvgIpc) is 3.31. The van der Waals surface area contributed by atoms with Gasteiger partial charge in [0.15, 0.2) is 0 Å². The number of rotatable bonds is 5. The molecule has 1 fully saturated rings. The Morgan fingerprint density at radius 1 is 1.32 bits per heavy atom. The molecule has 0 saturated heterocycles. The van der Waals surface area contributed by atoms with Crippen molar-refractivity contribution in [2.24, 2.45) is 5.92 Å². The van der Waals surface area contributed by atoms with Crippen LogP contribution in [0.5, 0.6) is 0 Å². The van der Waals surface area contributed by atoms with E-state index < -0.39 is 13.0 Å². The Hall–Kier alpha value is -1.83. The van der Waals surface area contributed by atoms with Crippen molar-refractivity contribution in [3.05, 3.63) is 22.9 Å². The molecule has 0 radical (unpaired) electrons. The van der Waals surface area contributed by atoms with Gasteiger partial charge in [-0.15, -0.1) is 0 Å². The molecule has 2 aromatic heterocycles. The number of anilines is 2. The molecule has 0 unspecified atom stereocenters. The largest absolute Gasteiger partial charge is 0.364 e. The number of aromatic nitrogens is 2.